The van der Waals surface area contributed by atoms with E-state index in [0.717, 1.165) is 12.1 Å². The summed E-state index contributed by atoms with van der Waals surface area (Å²) >= 11 is 0. The van der Waals surface area contributed by atoms with Crippen LogP contribution in [0.1, 0.15) is 46.9 Å². The minimum Gasteiger partial charge on any atom is -0.457 e. The molecule has 0 atom stereocenters. The molecule has 26 heavy (non-hydrogen) atoms. The van der Waals surface area contributed by atoms with Gasteiger partial charge in [-0.2, -0.15) is 23.3 Å². The summed E-state index contributed by atoms with van der Waals surface area (Å²) in [4.78, 5) is 20.5. The first-order valence-corrected chi connectivity index (χ1v) is 7.79. The van der Waals surface area contributed by atoms with Gasteiger partial charge in [0.1, 0.15) is 12.9 Å². The van der Waals surface area contributed by atoms with Crippen molar-refractivity contribution in [2.24, 2.45) is 0 Å². The minimum absolute atomic E-state index is 0.0710. The van der Waals surface area contributed by atoms with E-state index >= 15 is 0 Å². The maximum Gasteiger partial charge on any atom is 0.416 e. The van der Waals surface area contributed by atoms with Crippen molar-refractivity contribution in [2.45, 2.75) is 32.5 Å². The molecule has 2 heterocycles. The fourth-order valence-corrected chi connectivity index (χ4v) is 2.57. The number of ether oxygens (including phenoxy) is 1. The molecule has 0 aliphatic rings. The molecule has 2 aromatic heterocycles. The molecule has 0 unspecified atom stereocenters. The third kappa shape index (κ3) is 3.51. The molecule has 3 aromatic rings. The van der Waals surface area contributed by atoms with Crippen molar-refractivity contribution in [2.75, 3.05) is 0 Å². The first-order valence-electron chi connectivity index (χ1n) is 7.79. The third-order valence-corrected chi connectivity index (χ3v) is 3.73. The van der Waals surface area contributed by atoms with Crippen LogP contribution in [0.4, 0.5) is 13.2 Å². The summed E-state index contributed by atoms with van der Waals surface area (Å²) in [6.07, 6.45) is -1.79. The van der Waals surface area contributed by atoms with Gasteiger partial charge in [0, 0.05) is 6.20 Å². The summed E-state index contributed by atoms with van der Waals surface area (Å²) in [6, 6.07) is 4.65. The van der Waals surface area contributed by atoms with Crippen LogP contribution in [-0.4, -0.2) is 25.6 Å². The third-order valence-electron chi connectivity index (χ3n) is 3.73. The van der Waals surface area contributed by atoms with Crippen LogP contribution in [0.15, 0.2) is 36.8 Å². The van der Waals surface area contributed by atoms with E-state index in [0.29, 0.717) is 11.5 Å². The summed E-state index contributed by atoms with van der Waals surface area (Å²) in [6.45, 7) is 3.47. The van der Waals surface area contributed by atoms with Gasteiger partial charge < -0.3 is 4.74 Å². The highest BCUT2D eigenvalue weighted by atomic mass is 19.4. The van der Waals surface area contributed by atoms with Crippen molar-refractivity contribution in [1.29, 1.82) is 0 Å². The number of halogens is 3. The molecule has 0 radical (unpaired) electrons. The Labute approximate surface area is 146 Å². The van der Waals surface area contributed by atoms with Gasteiger partial charge in [-0.05, 0) is 23.6 Å². The number of carbonyl (C=O) groups excluding carboxylic acids is 1. The highest BCUT2D eigenvalue weighted by Crippen LogP contribution is 2.29. The van der Waals surface area contributed by atoms with Crippen molar-refractivity contribution < 1.29 is 22.7 Å². The molecule has 0 fully saturated rings. The van der Waals surface area contributed by atoms with Crippen LogP contribution in [0, 0.1) is 0 Å². The number of rotatable bonds is 4. The lowest BCUT2D eigenvalue weighted by Crippen LogP contribution is -2.15. The monoisotopic (exact) mass is 364 g/mol. The molecule has 6 nitrogen and oxygen atoms in total. The zero-order valence-electron chi connectivity index (χ0n) is 14.0. The van der Waals surface area contributed by atoms with E-state index in [1.54, 1.807) is 0 Å². The molecule has 0 aliphatic heterocycles. The van der Waals surface area contributed by atoms with E-state index in [1.807, 2.05) is 13.8 Å². The van der Waals surface area contributed by atoms with E-state index in [2.05, 4.69) is 15.1 Å². The normalized spacial score (nSPS) is 11.9. The fourth-order valence-electron chi connectivity index (χ4n) is 2.57. The Bertz CT molecular complexity index is 951. The molecule has 0 aliphatic carbocycles. The van der Waals surface area contributed by atoms with Gasteiger partial charge in [0.2, 0.25) is 0 Å². The Morgan fingerprint density at radius 1 is 1.27 bits per heavy atom. The lowest BCUT2D eigenvalue weighted by Gasteiger charge is -2.13. The first kappa shape index (κ1) is 17.8. The molecule has 1 aromatic carbocycles. The topological polar surface area (TPSA) is 69.4 Å². The van der Waals surface area contributed by atoms with Crippen LogP contribution in [0.3, 0.4) is 0 Å². The number of fused-ring (bicyclic) bond motifs is 1. The standard InChI is InChI=1S/C17H15F3N4O2/c1-10(2)14-13(7-21-16-22-9-23-24(14)16)15(25)26-8-11-4-3-5-12(6-11)17(18,19)20/h3-7,9-10H,8H2,1-2H3. The highest BCUT2D eigenvalue weighted by Gasteiger charge is 2.30. The Morgan fingerprint density at radius 3 is 2.73 bits per heavy atom. The maximum atomic E-state index is 12.8. The Balaban J connectivity index is 1.83. The second-order valence-electron chi connectivity index (χ2n) is 5.96. The molecular weight excluding hydrogens is 349 g/mol. The van der Waals surface area contributed by atoms with Crippen molar-refractivity contribution in [1.82, 2.24) is 19.6 Å². The van der Waals surface area contributed by atoms with Crippen LogP contribution in [0.2, 0.25) is 0 Å². The molecule has 136 valence electrons. The molecule has 0 bridgehead atoms. The summed E-state index contributed by atoms with van der Waals surface area (Å²) in [5, 5.41) is 4.05. The number of hydrogen-bond acceptors (Lipinski definition) is 5. The lowest BCUT2D eigenvalue weighted by molar-refractivity contribution is -0.137. The Kier molecular flexibility index (Phi) is 4.62. The molecule has 0 amide bonds. The fraction of sp³-hybridized carbons (Fsp3) is 0.294. The van der Waals surface area contributed by atoms with Gasteiger partial charge in [0.15, 0.2) is 0 Å². The predicted octanol–water partition coefficient (Wildman–Crippen LogP) is 3.62. The average Bonchev–Trinajstić information content (AvgIpc) is 3.06. The van der Waals surface area contributed by atoms with Crippen LogP contribution in [0.5, 0.6) is 0 Å². The zero-order valence-corrected chi connectivity index (χ0v) is 14.0. The van der Waals surface area contributed by atoms with E-state index in [4.69, 9.17) is 4.74 Å². The van der Waals surface area contributed by atoms with Gasteiger partial charge >= 0.3 is 12.1 Å². The van der Waals surface area contributed by atoms with Crippen LogP contribution < -0.4 is 0 Å². The van der Waals surface area contributed by atoms with Gasteiger partial charge in [0.05, 0.1) is 16.8 Å². The second-order valence-corrected chi connectivity index (χ2v) is 5.96. The number of hydrogen-bond donors (Lipinski definition) is 0. The van der Waals surface area contributed by atoms with E-state index in [-0.39, 0.29) is 23.7 Å². The highest BCUT2D eigenvalue weighted by molar-refractivity contribution is 5.90. The summed E-state index contributed by atoms with van der Waals surface area (Å²) < 4.78 is 44.9. The van der Waals surface area contributed by atoms with Gasteiger partial charge in [-0.25, -0.2) is 14.3 Å². The summed E-state index contributed by atoms with van der Waals surface area (Å²) in [5.41, 5.74) is 0.222. The number of aromatic nitrogens is 4. The van der Waals surface area contributed by atoms with Crippen molar-refractivity contribution >= 4 is 11.7 Å². The largest absolute Gasteiger partial charge is 0.457 e. The molecule has 0 saturated carbocycles. The van der Waals surface area contributed by atoms with Crippen molar-refractivity contribution in [3.63, 3.8) is 0 Å². The number of benzene rings is 1. The molecule has 0 saturated heterocycles. The van der Waals surface area contributed by atoms with Gasteiger partial charge in [-0.15, -0.1) is 0 Å². The maximum absolute atomic E-state index is 12.8. The smallest absolute Gasteiger partial charge is 0.416 e. The quantitative estimate of drug-likeness (QED) is 0.662. The number of esters is 1. The van der Waals surface area contributed by atoms with Gasteiger partial charge in [-0.1, -0.05) is 26.0 Å². The Hall–Kier alpha value is -2.97. The average molecular weight is 364 g/mol. The van der Waals surface area contributed by atoms with E-state index in [9.17, 15) is 18.0 Å². The van der Waals surface area contributed by atoms with Crippen LogP contribution in [-0.2, 0) is 17.5 Å². The SMILES string of the molecule is CC(C)c1c(C(=O)OCc2cccc(C(F)(F)F)c2)cnc2ncnn12. The first-order chi connectivity index (χ1) is 12.3. The lowest BCUT2D eigenvalue weighted by atomic mass is 10.1. The Morgan fingerprint density at radius 2 is 2.04 bits per heavy atom. The van der Waals surface area contributed by atoms with Gasteiger partial charge in [0.25, 0.3) is 5.78 Å². The predicted molar refractivity (Wildman–Crippen MR) is 85.4 cm³/mol. The molecular formula is C17H15F3N4O2. The molecule has 0 N–H and O–H groups in total. The second kappa shape index (κ2) is 6.74. The zero-order chi connectivity index (χ0) is 18.9. The molecule has 9 heteroatoms. The van der Waals surface area contributed by atoms with Crippen LogP contribution in [0.25, 0.3) is 5.78 Å². The summed E-state index contributed by atoms with van der Waals surface area (Å²) in [5.74, 6) is -0.405. The van der Waals surface area contributed by atoms with Gasteiger partial charge in [-0.3, -0.25) is 0 Å². The van der Waals surface area contributed by atoms with E-state index < -0.39 is 17.7 Å². The van der Waals surface area contributed by atoms with Crippen LogP contribution >= 0.6 is 0 Å². The molecule has 0 spiro atoms. The number of carbonyl (C=O) groups is 1. The minimum atomic E-state index is -4.45. The number of alkyl halides is 3. The summed E-state index contributed by atoms with van der Waals surface area (Å²) in [7, 11) is 0. The van der Waals surface area contributed by atoms with E-state index in [1.165, 1.54) is 29.2 Å². The van der Waals surface area contributed by atoms with Crippen molar-refractivity contribution in [3.05, 3.63) is 59.2 Å². The van der Waals surface area contributed by atoms with Crippen molar-refractivity contribution in [3.8, 4) is 0 Å². The number of nitrogens with zero attached hydrogens (tertiary/aromatic N) is 4. The molecule has 3 rings (SSSR count).